The molecule has 3 aromatic carbocycles. The Balaban J connectivity index is 1.43. The number of carbonyl (C=O) groups is 3. The zero-order chi connectivity index (χ0) is 34.8. The SMILES string of the molecule is C=CCCC[C@H](Cc1ccccc1)C(=O)OC[C@H](COCc1ccccc1)NC(=O)[C@H](CC=C)CC(=O)N1Cc2ccccc2C[C@H]1CO. The van der Waals surface area contributed by atoms with Crippen LogP contribution in [0, 0.1) is 11.8 Å². The fourth-order valence-electron chi connectivity index (χ4n) is 6.21. The van der Waals surface area contributed by atoms with Gasteiger partial charge in [-0.15, -0.1) is 13.2 Å². The van der Waals surface area contributed by atoms with E-state index < -0.39 is 12.0 Å². The Bertz CT molecular complexity index is 1490. The number of rotatable bonds is 20. The smallest absolute Gasteiger partial charge is 0.309 e. The molecule has 0 bridgehead atoms. The number of hydrogen-bond donors (Lipinski definition) is 2. The zero-order valence-corrected chi connectivity index (χ0v) is 28.4. The van der Waals surface area contributed by atoms with Gasteiger partial charge in [0.05, 0.1) is 43.7 Å². The van der Waals surface area contributed by atoms with Crippen LogP contribution in [0.2, 0.25) is 0 Å². The van der Waals surface area contributed by atoms with E-state index in [9.17, 15) is 19.5 Å². The van der Waals surface area contributed by atoms with Gasteiger partial charge in [0.25, 0.3) is 0 Å². The maximum Gasteiger partial charge on any atom is 0.309 e. The van der Waals surface area contributed by atoms with Crippen molar-refractivity contribution < 1.29 is 29.0 Å². The van der Waals surface area contributed by atoms with Crippen molar-refractivity contribution >= 4 is 17.8 Å². The number of nitrogens with zero attached hydrogens (tertiary/aromatic N) is 1. The highest BCUT2D eigenvalue weighted by molar-refractivity contribution is 5.86. The normalized spacial score (nSPS) is 15.7. The van der Waals surface area contributed by atoms with Crippen LogP contribution in [0.3, 0.4) is 0 Å². The molecular formula is C41H50N2O6. The maximum atomic E-state index is 13.8. The van der Waals surface area contributed by atoms with E-state index in [-0.39, 0.29) is 62.4 Å². The van der Waals surface area contributed by atoms with Crippen LogP contribution in [-0.4, -0.2) is 59.7 Å². The number of allylic oxidation sites excluding steroid dienone is 2. The van der Waals surface area contributed by atoms with E-state index in [1.165, 1.54) is 0 Å². The van der Waals surface area contributed by atoms with Crippen LogP contribution >= 0.6 is 0 Å². The number of ether oxygens (including phenoxy) is 2. The average Bonchev–Trinajstić information content (AvgIpc) is 3.13. The number of esters is 1. The predicted octanol–water partition coefficient (Wildman–Crippen LogP) is 5.97. The van der Waals surface area contributed by atoms with Gasteiger partial charge >= 0.3 is 5.97 Å². The average molecular weight is 667 g/mol. The van der Waals surface area contributed by atoms with Crippen molar-refractivity contribution in [2.45, 2.75) is 70.2 Å². The van der Waals surface area contributed by atoms with Crippen molar-refractivity contribution in [3.63, 3.8) is 0 Å². The lowest BCUT2D eigenvalue weighted by Crippen LogP contribution is -2.49. The molecule has 0 saturated carbocycles. The van der Waals surface area contributed by atoms with Crippen molar-refractivity contribution in [1.29, 1.82) is 0 Å². The summed E-state index contributed by atoms with van der Waals surface area (Å²) in [6.45, 7) is 8.21. The number of carbonyl (C=O) groups excluding carboxylic acids is 3. The Morgan fingerprint density at radius 2 is 1.55 bits per heavy atom. The first-order valence-corrected chi connectivity index (χ1v) is 17.2. The van der Waals surface area contributed by atoms with Gasteiger partial charge in [-0.25, -0.2) is 0 Å². The third-order valence-electron chi connectivity index (χ3n) is 8.95. The Morgan fingerprint density at radius 1 is 0.878 bits per heavy atom. The summed E-state index contributed by atoms with van der Waals surface area (Å²) in [6.07, 6.45) is 7.09. The van der Waals surface area contributed by atoms with Crippen LogP contribution in [0.1, 0.15) is 54.4 Å². The second-order valence-corrected chi connectivity index (χ2v) is 12.7. The van der Waals surface area contributed by atoms with Crippen LogP contribution in [0.5, 0.6) is 0 Å². The largest absolute Gasteiger partial charge is 0.463 e. The summed E-state index contributed by atoms with van der Waals surface area (Å²) in [6, 6.07) is 26.5. The van der Waals surface area contributed by atoms with Gasteiger partial charge in [0.2, 0.25) is 11.8 Å². The quantitative estimate of drug-likeness (QED) is 0.0875. The van der Waals surface area contributed by atoms with Crippen LogP contribution in [0.25, 0.3) is 0 Å². The molecule has 3 aromatic rings. The van der Waals surface area contributed by atoms with Gasteiger partial charge in [-0.2, -0.15) is 0 Å². The minimum absolute atomic E-state index is 0.0453. The summed E-state index contributed by atoms with van der Waals surface area (Å²) >= 11 is 0. The Hall–Kier alpha value is -4.53. The summed E-state index contributed by atoms with van der Waals surface area (Å²) < 4.78 is 11.9. The Morgan fingerprint density at radius 3 is 2.22 bits per heavy atom. The molecular weight excluding hydrogens is 616 g/mol. The lowest BCUT2D eigenvalue weighted by Gasteiger charge is -2.36. The Labute approximate surface area is 290 Å². The summed E-state index contributed by atoms with van der Waals surface area (Å²) in [5, 5.41) is 13.1. The van der Waals surface area contributed by atoms with E-state index in [2.05, 4.69) is 18.5 Å². The molecule has 2 amide bonds. The second kappa shape index (κ2) is 20.1. The highest BCUT2D eigenvalue weighted by atomic mass is 16.5. The minimum Gasteiger partial charge on any atom is -0.463 e. The monoisotopic (exact) mass is 666 g/mol. The third kappa shape index (κ3) is 11.8. The third-order valence-corrected chi connectivity index (χ3v) is 8.95. The zero-order valence-electron chi connectivity index (χ0n) is 28.4. The van der Waals surface area contributed by atoms with Gasteiger partial charge in [-0.3, -0.25) is 14.4 Å². The molecule has 4 atom stereocenters. The molecule has 8 heteroatoms. The molecule has 1 aliphatic heterocycles. The maximum absolute atomic E-state index is 13.8. The molecule has 260 valence electrons. The molecule has 0 aromatic heterocycles. The first-order valence-electron chi connectivity index (χ1n) is 17.2. The predicted molar refractivity (Wildman–Crippen MR) is 191 cm³/mol. The number of aliphatic hydroxyl groups excluding tert-OH is 1. The first-order chi connectivity index (χ1) is 23.9. The van der Waals surface area contributed by atoms with Gasteiger partial charge in [-0.05, 0) is 60.8 Å². The molecule has 8 nitrogen and oxygen atoms in total. The molecule has 49 heavy (non-hydrogen) atoms. The van der Waals surface area contributed by atoms with Crippen molar-refractivity contribution in [1.82, 2.24) is 10.2 Å². The van der Waals surface area contributed by atoms with Crippen LogP contribution in [0.4, 0.5) is 0 Å². The summed E-state index contributed by atoms with van der Waals surface area (Å²) in [7, 11) is 0. The lowest BCUT2D eigenvalue weighted by atomic mass is 9.92. The molecule has 0 saturated heterocycles. The summed E-state index contributed by atoms with van der Waals surface area (Å²) in [4.78, 5) is 42.5. The van der Waals surface area contributed by atoms with Crippen molar-refractivity contribution in [2.24, 2.45) is 11.8 Å². The molecule has 1 aliphatic rings. The number of hydrogen-bond acceptors (Lipinski definition) is 6. The molecule has 2 N–H and O–H groups in total. The van der Waals surface area contributed by atoms with Gasteiger partial charge in [-0.1, -0.05) is 97.1 Å². The second-order valence-electron chi connectivity index (χ2n) is 12.7. The van der Waals surface area contributed by atoms with Gasteiger partial charge in [0.15, 0.2) is 0 Å². The molecule has 0 fully saturated rings. The van der Waals surface area contributed by atoms with Gasteiger partial charge in [0.1, 0.15) is 6.61 Å². The standard InChI is InChI=1S/C41H50N2O6/c1-3-5-8-21-35(23-31-16-9-6-10-17-31)41(47)49-30-37(29-48-28-32-18-11-7-12-19-32)42-40(46)34(15-4-2)25-39(45)43-26-36-22-14-13-20-33(36)24-38(43)27-44/h3-4,6-7,9-14,16-20,22,34-35,37-38,44H,1-2,5,8,15,21,23-30H2,(H,42,46)/t34-,35-,37+,38+/m1/s1. The fourth-order valence-corrected chi connectivity index (χ4v) is 6.21. The Kier molecular flexibility index (Phi) is 15.3. The molecule has 0 aliphatic carbocycles. The first kappa shape index (κ1) is 37.3. The molecule has 0 unspecified atom stereocenters. The number of unbranched alkanes of at least 4 members (excludes halogenated alkanes) is 1. The van der Waals surface area contributed by atoms with Gasteiger partial charge in [0, 0.05) is 13.0 Å². The van der Waals surface area contributed by atoms with E-state index in [1.54, 1.807) is 11.0 Å². The highest BCUT2D eigenvalue weighted by Crippen LogP contribution is 2.25. The molecule has 0 radical (unpaired) electrons. The molecule has 4 rings (SSSR count). The van der Waals surface area contributed by atoms with Crippen molar-refractivity contribution in [2.75, 3.05) is 19.8 Å². The minimum atomic E-state index is -0.696. The topological polar surface area (TPSA) is 105 Å². The van der Waals surface area contributed by atoms with E-state index in [4.69, 9.17) is 9.47 Å². The number of fused-ring (bicyclic) bond motifs is 1. The van der Waals surface area contributed by atoms with Crippen molar-refractivity contribution in [3.05, 3.63) is 132 Å². The van der Waals surface area contributed by atoms with E-state index in [1.807, 2.05) is 91.0 Å². The molecule has 0 spiro atoms. The molecule has 1 heterocycles. The van der Waals surface area contributed by atoms with Crippen LogP contribution in [0.15, 0.2) is 110 Å². The van der Waals surface area contributed by atoms with E-state index in [0.29, 0.717) is 32.4 Å². The highest BCUT2D eigenvalue weighted by Gasteiger charge is 2.32. The van der Waals surface area contributed by atoms with Crippen molar-refractivity contribution in [3.8, 4) is 0 Å². The lowest BCUT2D eigenvalue weighted by molar-refractivity contribution is -0.151. The van der Waals surface area contributed by atoms with E-state index in [0.717, 1.165) is 35.1 Å². The number of benzene rings is 3. The fraction of sp³-hybridized carbons (Fsp3) is 0.390. The number of aliphatic hydroxyl groups is 1. The number of nitrogens with one attached hydrogen (secondary N) is 1. The number of amides is 2. The van der Waals surface area contributed by atoms with E-state index >= 15 is 0 Å². The van der Waals surface area contributed by atoms with Gasteiger partial charge < -0.3 is 24.8 Å². The van der Waals surface area contributed by atoms with Crippen LogP contribution in [-0.2, 0) is 49.9 Å². The summed E-state index contributed by atoms with van der Waals surface area (Å²) in [5.41, 5.74) is 4.19. The summed E-state index contributed by atoms with van der Waals surface area (Å²) in [5.74, 6) is -1.92. The van der Waals surface area contributed by atoms with Crippen LogP contribution < -0.4 is 5.32 Å².